The van der Waals surface area contributed by atoms with Gasteiger partial charge < -0.3 is 4.40 Å². The number of halogens is 1. The van der Waals surface area contributed by atoms with E-state index in [1.807, 2.05) is 18.3 Å². The highest BCUT2D eigenvalue weighted by atomic mass is 79.9. The van der Waals surface area contributed by atoms with E-state index in [1.165, 1.54) is 0 Å². The van der Waals surface area contributed by atoms with E-state index in [2.05, 4.69) is 64.1 Å². The standard InChI is InChI=1S/C15H22BrN3/c1-11(2)7-18(12(3)4)9-14-10-19-8-13(16)5-6-15(19)17-14/h5-6,8,10-12H,7,9H2,1-4H3. The van der Waals surface area contributed by atoms with E-state index in [-0.39, 0.29) is 0 Å². The zero-order valence-corrected chi connectivity index (χ0v) is 13.7. The largest absolute Gasteiger partial charge is 0.306 e. The first kappa shape index (κ1) is 14.5. The van der Waals surface area contributed by atoms with Crippen LogP contribution in [0.3, 0.4) is 0 Å². The van der Waals surface area contributed by atoms with Gasteiger partial charge in [-0.25, -0.2) is 4.98 Å². The van der Waals surface area contributed by atoms with E-state index in [1.54, 1.807) is 0 Å². The van der Waals surface area contributed by atoms with Crippen molar-refractivity contribution in [1.82, 2.24) is 14.3 Å². The molecule has 0 radical (unpaired) electrons. The third-order valence-electron chi connectivity index (χ3n) is 3.16. The molecule has 2 aromatic rings. The molecule has 0 aromatic carbocycles. The van der Waals surface area contributed by atoms with Crippen LogP contribution in [-0.4, -0.2) is 26.9 Å². The zero-order chi connectivity index (χ0) is 14.0. The minimum absolute atomic E-state index is 0.541. The molecule has 0 N–H and O–H groups in total. The van der Waals surface area contributed by atoms with Crippen LogP contribution in [-0.2, 0) is 6.54 Å². The Morgan fingerprint density at radius 1 is 1.21 bits per heavy atom. The number of imidazole rings is 1. The predicted molar refractivity (Wildman–Crippen MR) is 83.3 cm³/mol. The van der Waals surface area contributed by atoms with Crippen molar-refractivity contribution in [1.29, 1.82) is 0 Å². The maximum absolute atomic E-state index is 4.68. The van der Waals surface area contributed by atoms with Crippen LogP contribution in [0.2, 0.25) is 0 Å². The summed E-state index contributed by atoms with van der Waals surface area (Å²) in [6.45, 7) is 11.0. The van der Waals surface area contributed by atoms with Gasteiger partial charge in [-0.3, -0.25) is 4.90 Å². The molecule has 2 aromatic heterocycles. The Kier molecular flexibility index (Phi) is 4.63. The molecule has 2 rings (SSSR count). The fourth-order valence-electron chi connectivity index (χ4n) is 2.23. The summed E-state index contributed by atoms with van der Waals surface area (Å²) in [5.41, 5.74) is 2.14. The van der Waals surface area contributed by atoms with Crippen molar-refractivity contribution in [3.05, 3.63) is 34.7 Å². The second-order valence-corrected chi connectivity index (χ2v) is 6.68. The molecule has 0 aliphatic rings. The second-order valence-electron chi connectivity index (χ2n) is 5.76. The van der Waals surface area contributed by atoms with Gasteiger partial charge in [-0.05, 0) is 47.8 Å². The van der Waals surface area contributed by atoms with Crippen molar-refractivity contribution < 1.29 is 0 Å². The van der Waals surface area contributed by atoms with E-state index in [9.17, 15) is 0 Å². The summed E-state index contributed by atoms with van der Waals surface area (Å²) in [6, 6.07) is 4.61. The van der Waals surface area contributed by atoms with Gasteiger partial charge in [0.25, 0.3) is 0 Å². The van der Waals surface area contributed by atoms with Gasteiger partial charge in [0.1, 0.15) is 5.65 Å². The van der Waals surface area contributed by atoms with Crippen LogP contribution in [0.1, 0.15) is 33.4 Å². The Labute approximate surface area is 123 Å². The highest BCUT2D eigenvalue weighted by Crippen LogP contribution is 2.15. The van der Waals surface area contributed by atoms with Crippen molar-refractivity contribution in [2.45, 2.75) is 40.3 Å². The fraction of sp³-hybridized carbons (Fsp3) is 0.533. The fourth-order valence-corrected chi connectivity index (χ4v) is 2.58. The minimum Gasteiger partial charge on any atom is -0.306 e. The van der Waals surface area contributed by atoms with Gasteiger partial charge in [-0.2, -0.15) is 0 Å². The molecule has 0 bridgehead atoms. The van der Waals surface area contributed by atoms with Crippen LogP contribution in [0.5, 0.6) is 0 Å². The molecule has 0 atom stereocenters. The predicted octanol–water partition coefficient (Wildman–Crippen LogP) is 3.96. The summed E-state index contributed by atoms with van der Waals surface area (Å²) >= 11 is 3.49. The summed E-state index contributed by atoms with van der Waals surface area (Å²) in [5.74, 6) is 0.675. The molecule has 19 heavy (non-hydrogen) atoms. The molecule has 3 nitrogen and oxygen atoms in total. The Morgan fingerprint density at radius 2 is 1.95 bits per heavy atom. The minimum atomic E-state index is 0.541. The first-order valence-electron chi connectivity index (χ1n) is 6.83. The third kappa shape index (κ3) is 3.80. The maximum atomic E-state index is 4.68. The number of fused-ring (bicyclic) bond motifs is 1. The lowest BCUT2D eigenvalue weighted by Crippen LogP contribution is -2.33. The number of rotatable bonds is 5. The smallest absolute Gasteiger partial charge is 0.137 e. The zero-order valence-electron chi connectivity index (χ0n) is 12.1. The molecule has 0 fully saturated rings. The average molecular weight is 324 g/mol. The van der Waals surface area contributed by atoms with Crippen molar-refractivity contribution in [3.63, 3.8) is 0 Å². The van der Waals surface area contributed by atoms with Crippen LogP contribution < -0.4 is 0 Å². The maximum Gasteiger partial charge on any atom is 0.137 e. The van der Waals surface area contributed by atoms with Crippen LogP contribution in [0.25, 0.3) is 5.65 Å². The number of aromatic nitrogens is 2. The molecule has 2 heterocycles. The second kappa shape index (κ2) is 6.06. The van der Waals surface area contributed by atoms with Crippen LogP contribution in [0.15, 0.2) is 29.0 Å². The Hall–Kier alpha value is -0.870. The first-order valence-corrected chi connectivity index (χ1v) is 7.62. The van der Waals surface area contributed by atoms with Crippen LogP contribution in [0, 0.1) is 5.92 Å². The summed E-state index contributed by atoms with van der Waals surface area (Å²) in [7, 11) is 0. The summed E-state index contributed by atoms with van der Waals surface area (Å²) in [4.78, 5) is 7.16. The molecule has 0 unspecified atom stereocenters. The monoisotopic (exact) mass is 323 g/mol. The van der Waals surface area contributed by atoms with E-state index < -0.39 is 0 Å². The molecule has 0 aliphatic heterocycles. The third-order valence-corrected chi connectivity index (χ3v) is 3.63. The summed E-state index contributed by atoms with van der Waals surface area (Å²) in [5, 5.41) is 0. The van der Waals surface area contributed by atoms with Gasteiger partial charge in [0.2, 0.25) is 0 Å². The SMILES string of the molecule is CC(C)CN(Cc1cn2cc(Br)ccc2n1)C(C)C. The molecular weight excluding hydrogens is 302 g/mol. The van der Waals surface area contributed by atoms with E-state index in [0.29, 0.717) is 12.0 Å². The van der Waals surface area contributed by atoms with Crippen LogP contribution in [0.4, 0.5) is 0 Å². The lowest BCUT2D eigenvalue weighted by molar-refractivity contribution is 0.187. The van der Waals surface area contributed by atoms with Gasteiger partial charge in [0, 0.05) is 36.0 Å². The summed E-state index contributed by atoms with van der Waals surface area (Å²) < 4.78 is 3.15. The van der Waals surface area contributed by atoms with Gasteiger partial charge in [-0.1, -0.05) is 13.8 Å². The molecular formula is C15H22BrN3. The molecule has 104 valence electrons. The van der Waals surface area contributed by atoms with E-state index in [0.717, 1.165) is 28.9 Å². The highest BCUT2D eigenvalue weighted by Gasteiger charge is 2.13. The Balaban J connectivity index is 2.19. The summed E-state index contributed by atoms with van der Waals surface area (Å²) in [6.07, 6.45) is 4.17. The average Bonchev–Trinajstić information content (AvgIpc) is 2.68. The van der Waals surface area contributed by atoms with Crippen molar-refractivity contribution >= 4 is 21.6 Å². The molecule has 0 saturated carbocycles. The number of hydrogen-bond acceptors (Lipinski definition) is 2. The molecule has 0 amide bonds. The highest BCUT2D eigenvalue weighted by molar-refractivity contribution is 9.10. The van der Waals surface area contributed by atoms with Crippen LogP contribution >= 0.6 is 15.9 Å². The molecule has 0 spiro atoms. The van der Waals surface area contributed by atoms with Crippen molar-refractivity contribution in [3.8, 4) is 0 Å². The number of pyridine rings is 1. The van der Waals surface area contributed by atoms with Crippen molar-refractivity contribution in [2.24, 2.45) is 5.92 Å². The topological polar surface area (TPSA) is 20.5 Å². The lowest BCUT2D eigenvalue weighted by atomic mass is 10.1. The Morgan fingerprint density at radius 3 is 2.58 bits per heavy atom. The molecule has 4 heteroatoms. The molecule has 0 aliphatic carbocycles. The quantitative estimate of drug-likeness (QED) is 0.830. The van der Waals surface area contributed by atoms with Gasteiger partial charge in [0.15, 0.2) is 0 Å². The van der Waals surface area contributed by atoms with Gasteiger partial charge in [-0.15, -0.1) is 0 Å². The first-order chi connectivity index (χ1) is 8.95. The van der Waals surface area contributed by atoms with Gasteiger partial charge >= 0.3 is 0 Å². The van der Waals surface area contributed by atoms with E-state index in [4.69, 9.17) is 0 Å². The van der Waals surface area contributed by atoms with Crippen molar-refractivity contribution in [2.75, 3.05) is 6.54 Å². The Bertz CT molecular complexity index is 545. The molecule has 0 saturated heterocycles. The number of nitrogens with zero attached hydrogens (tertiary/aromatic N) is 3. The van der Waals surface area contributed by atoms with Gasteiger partial charge in [0.05, 0.1) is 5.69 Å². The normalized spacial score (nSPS) is 12.2. The lowest BCUT2D eigenvalue weighted by Gasteiger charge is -2.27. The number of hydrogen-bond donors (Lipinski definition) is 0. The van der Waals surface area contributed by atoms with E-state index >= 15 is 0 Å².